The van der Waals surface area contributed by atoms with Crippen molar-refractivity contribution in [2.24, 2.45) is 0 Å². The van der Waals surface area contributed by atoms with Crippen molar-refractivity contribution in [3.8, 4) is 0 Å². The van der Waals surface area contributed by atoms with Crippen molar-refractivity contribution in [3.63, 3.8) is 0 Å². The van der Waals surface area contributed by atoms with Crippen LogP contribution < -0.4 is 0 Å². The Morgan fingerprint density at radius 1 is 1.64 bits per heavy atom. The van der Waals surface area contributed by atoms with E-state index in [1.807, 2.05) is 0 Å². The van der Waals surface area contributed by atoms with Gasteiger partial charge in [0.2, 0.25) is 6.04 Å². The van der Waals surface area contributed by atoms with E-state index in [0.717, 1.165) is 0 Å². The zero-order valence-electron chi connectivity index (χ0n) is 5.91. The van der Waals surface area contributed by atoms with E-state index in [2.05, 4.69) is 0 Å². The maximum atomic E-state index is 11.7. The van der Waals surface area contributed by atoms with Crippen LogP contribution in [0.1, 0.15) is 13.3 Å². The van der Waals surface area contributed by atoms with Crippen LogP contribution in [0.25, 0.3) is 0 Å². The van der Waals surface area contributed by atoms with E-state index in [4.69, 9.17) is 5.11 Å². The highest BCUT2D eigenvalue weighted by atomic mass is 19.3. The Morgan fingerprint density at radius 3 is 2.18 bits per heavy atom. The van der Waals surface area contributed by atoms with Crippen LogP contribution in [0.2, 0.25) is 0 Å². The molecule has 2 atom stereocenters. The van der Waals surface area contributed by atoms with Crippen molar-refractivity contribution < 1.29 is 18.8 Å². The first-order chi connectivity index (χ1) is 5.00. The molecule has 0 amide bonds. The first kappa shape index (κ1) is 10.2. The highest BCUT2D eigenvalue weighted by molar-refractivity contribution is 4.68. The fourth-order valence-electron chi connectivity index (χ4n) is 0.683. The van der Waals surface area contributed by atoms with E-state index >= 15 is 0 Å². The summed E-state index contributed by atoms with van der Waals surface area (Å²) < 4.78 is 23.3. The Morgan fingerprint density at radius 2 is 2.09 bits per heavy atom. The minimum atomic E-state index is -3.05. The summed E-state index contributed by atoms with van der Waals surface area (Å²) in [5.41, 5.74) is 0. The van der Waals surface area contributed by atoms with E-state index in [9.17, 15) is 18.9 Å². The monoisotopic (exact) mass is 169 g/mol. The average molecular weight is 169 g/mol. The quantitative estimate of drug-likeness (QED) is 0.496. The number of hydrogen-bond donors (Lipinski definition) is 1. The first-order valence-corrected chi connectivity index (χ1v) is 3.10. The molecule has 0 heterocycles. The molecule has 0 spiro atoms. The normalized spacial score (nSPS) is 16.5. The van der Waals surface area contributed by atoms with Crippen LogP contribution in [0.15, 0.2) is 0 Å². The molecule has 2 unspecified atom stereocenters. The molecule has 11 heavy (non-hydrogen) atoms. The lowest BCUT2D eigenvalue weighted by molar-refractivity contribution is -0.538. The smallest absolute Gasteiger partial charge is 0.270 e. The van der Waals surface area contributed by atoms with E-state index in [0.29, 0.717) is 0 Å². The van der Waals surface area contributed by atoms with Crippen LogP contribution in [0.4, 0.5) is 8.78 Å². The largest absolute Gasteiger partial charge is 0.381 e. The van der Waals surface area contributed by atoms with Crippen molar-refractivity contribution in [1.82, 2.24) is 0 Å². The van der Waals surface area contributed by atoms with Crippen LogP contribution in [-0.2, 0) is 0 Å². The van der Waals surface area contributed by atoms with Gasteiger partial charge in [-0.2, -0.15) is 0 Å². The first-order valence-electron chi connectivity index (χ1n) is 3.10. The number of nitrogens with zero attached hydrogens (tertiary/aromatic N) is 1. The molecule has 0 aromatic heterocycles. The lowest BCUT2D eigenvalue weighted by Gasteiger charge is -2.12. The highest BCUT2D eigenvalue weighted by Gasteiger charge is 2.34. The van der Waals surface area contributed by atoms with Gasteiger partial charge in [0.15, 0.2) is 6.10 Å². The molecular formula is C5H9F2NO3. The SMILES string of the molecule is CCC(C(O)C(F)F)[N+](=O)[O-]. The molecule has 0 bridgehead atoms. The van der Waals surface area contributed by atoms with Gasteiger partial charge in [-0.1, -0.05) is 6.92 Å². The molecule has 6 heteroatoms. The van der Waals surface area contributed by atoms with Crippen LogP contribution in [0, 0.1) is 10.1 Å². The maximum Gasteiger partial charge on any atom is 0.270 e. The van der Waals surface area contributed by atoms with Gasteiger partial charge in [-0.15, -0.1) is 0 Å². The molecule has 0 fully saturated rings. The summed E-state index contributed by atoms with van der Waals surface area (Å²) >= 11 is 0. The summed E-state index contributed by atoms with van der Waals surface area (Å²) in [6.45, 7) is 1.37. The van der Waals surface area contributed by atoms with E-state index < -0.39 is 23.5 Å². The molecular weight excluding hydrogens is 160 g/mol. The van der Waals surface area contributed by atoms with Crippen LogP contribution in [0.5, 0.6) is 0 Å². The second-order valence-corrected chi connectivity index (χ2v) is 2.09. The third kappa shape index (κ3) is 2.75. The van der Waals surface area contributed by atoms with E-state index in [1.54, 1.807) is 0 Å². The van der Waals surface area contributed by atoms with Crippen molar-refractivity contribution in [2.45, 2.75) is 31.9 Å². The molecule has 0 saturated carbocycles. The number of nitro groups is 1. The summed E-state index contributed by atoms with van der Waals surface area (Å²) in [5.74, 6) is 0. The van der Waals surface area contributed by atoms with Gasteiger partial charge in [0, 0.05) is 11.3 Å². The lowest BCUT2D eigenvalue weighted by Crippen LogP contribution is -2.38. The van der Waals surface area contributed by atoms with Crippen molar-refractivity contribution in [1.29, 1.82) is 0 Å². The molecule has 0 rings (SSSR count). The Kier molecular flexibility index (Phi) is 3.88. The van der Waals surface area contributed by atoms with Gasteiger partial charge in [-0.05, 0) is 0 Å². The number of halogens is 2. The number of alkyl halides is 2. The number of rotatable bonds is 4. The standard InChI is InChI=1S/C5H9F2NO3/c1-2-3(8(10)11)4(9)5(6)7/h3-5,9H,2H2,1H3. The van der Waals surface area contributed by atoms with Crippen LogP contribution in [-0.4, -0.2) is 28.6 Å². The van der Waals surface area contributed by atoms with Gasteiger partial charge in [0.25, 0.3) is 6.43 Å². The van der Waals surface area contributed by atoms with Gasteiger partial charge in [0.1, 0.15) is 0 Å². The van der Waals surface area contributed by atoms with Gasteiger partial charge in [0.05, 0.1) is 0 Å². The molecule has 0 aromatic rings. The number of aliphatic hydroxyl groups is 1. The molecule has 0 saturated heterocycles. The summed E-state index contributed by atoms with van der Waals surface area (Å²) in [5, 5.41) is 18.6. The van der Waals surface area contributed by atoms with Crippen LogP contribution in [0.3, 0.4) is 0 Å². The Bertz CT molecular complexity index is 142. The number of hydrogen-bond acceptors (Lipinski definition) is 3. The summed E-state index contributed by atoms with van der Waals surface area (Å²) in [6, 6.07) is -1.56. The highest BCUT2D eigenvalue weighted by Crippen LogP contribution is 2.10. The van der Waals surface area contributed by atoms with Gasteiger partial charge in [-0.25, -0.2) is 8.78 Å². The summed E-state index contributed by atoms with van der Waals surface area (Å²) in [7, 11) is 0. The molecule has 0 aromatic carbocycles. The predicted molar refractivity (Wildman–Crippen MR) is 33.1 cm³/mol. The average Bonchev–Trinajstić information content (AvgIpc) is 1.88. The Balaban J connectivity index is 4.14. The Labute approximate surface area is 62.0 Å². The van der Waals surface area contributed by atoms with Crippen molar-refractivity contribution >= 4 is 0 Å². The maximum absolute atomic E-state index is 11.7. The fraction of sp³-hybridized carbons (Fsp3) is 1.00. The molecule has 0 aliphatic rings. The Hall–Kier alpha value is -0.780. The van der Waals surface area contributed by atoms with E-state index in [1.165, 1.54) is 6.92 Å². The minimum Gasteiger partial charge on any atom is -0.381 e. The summed E-state index contributed by atoms with van der Waals surface area (Å²) in [4.78, 5) is 9.10. The van der Waals surface area contributed by atoms with Crippen molar-refractivity contribution in [2.75, 3.05) is 0 Å². The lowest BCUT2D eigenvalue weighted by atomic mass is 10.1. The molecule has 4 nitrogen and oxygen atoms in total. The number of aliphatic hydroxyl groups excluding tert-OH is 1. The van der Waals surface area contributed by atoms with Crippen molar-refractivity contribution in [3.05, 3.63) is 10.1 Å². The third-order valence-electron chi connectivity index (χ3n) is 1.34. The molecule has 0 aliphatic carbocycles. The third-order valence-corrected chi connectivity index (χ3v) is 1.34. The van der Waals surface area contributed by atoms with Gasteiger partial charge < -0.3 is 5.11 Å². The minimum absolute atomic E-state index is 0.0987. The fourth-order valence-corrected chi connectivity index (χ4v) is 0.683. The van der Waals surface area contributed by atoms with E-state index in [-0.39, 0.29) is 6.42 Å². The molecule has 66 valence electrons. The second kappa shape index (κ2) is 4.17. The topological polar surface area (TPSA) is 63.4 Å². The van der Waals surface area contributed by atoms with Gasteiger partial charge >= 0.3 is 0 Å². The zero-order chi connectivity index (χ0) is 9.02. The molecule has 1 N–H and O–H groups in total. The van der Waals surface area contributed by atoms with Crippen LogP contribution >= 0.6 is 0 Å². The second-order valence-electron chi connectivity index (χ2n) is 2.09. The predicted octanol–water partition coefficient (Wildman–Crippen LogP) is 0.668. The summed E-state index contributed by atoms with van der Waals surface area (Å²) in [6.07, 6.45) is -5.31. The zero-order valence-corrected chi connectivity index (χ0v) is 5.91. The molecule has 0 aliphatic heterocycles. The molecule has 0 radical (unpaired) electrons. The van der Waals surface area contributed by atoms with Gasteiger partial charge in [-0.3, -0.25) is 10.1 Å².